The summed E-state index contributed by atoms with van der Waals surface area (Å²) in [4.78, 5) is 10.1. The molecule has 0 aliphatic heterocycles. The van der Waals surface area contributed by atoms with Crippen LogP contribution < -0.4 is 10.6 Å². The Hall–Kier alpha value is -1.89. The van der Waals surface area contributed by atoms with E-state index in [1.165, 1.54) is 12.4 Å². The highest BCUT2D eigenvalue weighted by Gasteiger charge is 2.07. The number of nitrogens with zero attached hydrogens (tertiary/aromatic N) is 5. The van der Waals surface area contributed by atoms with E-state index in [2.05, 4.69) is 31.1 Å². The van der Waals surface area contributed by atoms with Crippen molar-refractivity contribution in [3.63, 3.8) is 0 Å². The van der Waals surface area contributed by atoms with Crippen LogP contribution in [0.1, 0.15) is 16.8 Å². The molecule has 0 radical (unpaired) electrons. The maximum absolute atomic E-state index is 5.86. The van der Waals surface area contributed by atoms with E-state index in [0.717, 1.165) is 29.9 Å². The van der Waals surface area contributed by atoms with E-state index < -0.39 is 0 Å². The van der Waals surface area contributed by atoms with Gasteiger partial charge < -0.3 is 10.6 Å². The predicted octanol–water partition coefficient (Wildman–Crippen LogP) is 3.46. The standard InChI is InChI=1S/C17H19Cl3N6/c1-12-8-14(26(6-4-18)7-5-19)3-2-13(12)9-23-25-17(21)15-10-22-11-16(20)24-15/h2-3,8-11H,4-7H2,1H3,(H2,21,25). The molecule has 1 aromatic carbocycles. The molecule has 0 atom stereocenters. The number of hydrogen-bond donors (Lipinski definition) is 1. The summed E-state index contributed by atoms with van der Waals surface area (Å²) in [6.07, 6.45) is 4.53. The van der Waals surface area contributed by atoms with Gasteiger partial charge in [0.15, 0.2) is 5.84 Å². The van der Waals surface area contributed by atoms with Gasteiger partial charge in [-0.05, 0) is 30.2 Å². The molecule has 0 saturated carbocycles. The summed E-state index contributed by atoms with van der Waals surface area (Å²) in [7, 11) is 0. The lowest BCUT2D eigenvalue weighted by atomic mass is 10.1. The minimum Gasteiger partial charge on any atom is -0.380 e. The number of halogens is 3. The Morgan fingerprint density at radius 2 is 1.96 bits per heavy atom. The Labute approximate surface area is 167 Å². The summed E-state index contributed by atoms with van der Waals surface area (Å²) >= 11 is 17.5. The summed E-state index contributed by atoms with van der Waals surface area (Å²) in [6, 6.07) is 6.04. The van der Waals surface area contributed by atoms with Gasteiger partial charge in [-0.3, -0.25) is 4.98 Å². The molecule has 0 aliphatic rings. The fraction of sp³-hybridized carbons (Fsp3) is 0.294. The molecule has 0 bridgehead atoms. The Morgan fingerprint density at radius 3 is 2.58 bits per heavy atom. The van der Waals surface area contributed by atoms with Crippen molar-refractivity contribution >= 4 is 52.5 Å². The fourth-order valence-electron chi connectivity index (χ4n) is 2.25. The summed E-state index contributed by atoms with van der Waals surface area (Å²) in [5.41, 5.74) is 9.26. The SMILES string of the molecule is Cc1cc(N(CCCl)CCCl)ccc1C=NN=C(N)c1cncc(Cl)n1. The smallest absolute Gasteiger partial charge is 0.173 e. The molecular formula is C17H19Cl3N6. The molecule has 0 amide bonds. The zero-order valence-electron chi connectivity index (χ0n) is 14.2. The van der Waals surface area contributed by atoms with Crippen molar-refractivity contribution in [1.29, 1.82) is 0 Å². The molecule has 1 heterocycles. The van der Waals surface area contributed by atoms with E-state index in [-0.39, 0.29) is 11.0 Å². The molecule has 0 saturated heterocycles. The first-order valence-electron chi connectivity index (χ1n) is 7.87. The predicted molar refractivity (Wildman–Crippen MR) is 110 cm³/mol. The summed E-state index contributed by atoms with van der Waals surface area (Å²) in [6.45, 7) is 3.48. The second-order valence-electron chi connectivity index (χ2n) is 5.36. The number of amidine groups is 1. The van der Waals surface area contributed by atoms with Crippen LogP contribution in [0, 0.1) is 6.92 Å². The van der Waals surface area contributed by atoms with Crippen LogP contribution in [-0.4, -0.2) is 46.9 Å². The molecule has 0 unspecified atom stereocenters. The maximum atomic E-state index is 5.86. The Balaban J connectivity index is 2.14. The normalized spacial score (nSPS) is 11.9. The first-order valence-corrected chi connectivity index (χ1v) is 9.31. The van der Waals surface area contributed by atoms with Crippen molar-refractivity contribution in [3.05, 3.63) is 52.6 Å². The molecule has 2 rings (SSSR count). The summed E-state index contributed by atoms with van der Waals surface area (Å²) in [5.74, 6) is 1.22. The molecule has 0 spiro atoms. The van der Waals surface area contributed by atoms with E-state index in [9.17, 15) is 0 Å². The van der Waals surface area contributed by atoms with Crippen LogP contribution in [0.2, 0.25) is 5.15 Å². The highest BCUT2D eigenvalue weighted by molar-refractivity contribution is 6.29. The van der Waals surface area contributed by atoms with Crippen molar-refractivity contribution in [2.24, 2.45) is 15.9 Å². The minimum atomic E-state index is 0.140. The van der Waals surface area contributed by atoms with Gasteiger partial charge in [-0.2, -0.15) is 5.10 Å². The lowest BCUT2D eigenvalue weighted by molar-refractivity contribution is 0.873. The second kappa shape index (κ2) is 10.3. The van der Waals surface area contributed by atoms with Gasteiger partial charge in [0, 0.05) is 30.5 Å². The molecule has 2 aromatic rings. The maximum Gasteiger partial charge on any atom is 0.173 e. The van der Waals surface area contributed by atoms with Gasteiger partial charge in [-0.1, -0.05) is 17.7 Å². The van der Waals surface area contributed by atoms with E-state index in [1.54, 1.807) is 6.21 Å². The van der Waals surface area contributed by atoms with Gasteiger partial charge >= 0.3 is 0 Å². The van der Waals surface area contributed by atoms with Crippen molar-refractivity contribution in [3.8, 4) is 0 Å². The van der Waals surface area contributed by atoms with Crippen LogP contribution in [-0.2, 0) is 0 Å². The van der Waals surface area contributed by atoms with Crippen molar-refractivity contribution < 1.29 is 0 Å². The molecule has 138 valence electrons. The third-order valence-corrected chi connectivity index (χ3v) is 4.08. The Morgan fingerprint density at radius 1 is 1.23 bits per heavy atom. The molecule has 9 heteroatoms. The lowest BCUT2D eigenvalue weighted by Gasteiger charge is -2.23. The lowest BCUT2D eigenvalue weighted by Crippen LogP contribution is -2.27. The van der Waals surface area contributed by atoms with Crippen molar-refractivity contribution in [2.45, 2.75) is 6.92 Å². The Kier molecular flexibility index (Phi) is 8.09. The van der Waals surface area contributed by atoms with Gasteiger partial charge in [0.1, 0.15) is 10.8 Å². The molecule has 2 N–H and O–H groups in total. The van der Waals surface area contributed by atoms with Crippen LogP contribution in [0.3, 0.4) is 0 Å². The summed E-state index contributed by atoms with van der Waals surface area (Å²) in [5, 5.41) is 8.22. The molecule has 0 aliphatic carbocycles. The van der Waals surface area contributed by atoms with E-state index in [1.807, 2.05) is 19.1 Å². The number of hydrogen-bond acceptors (Lipinski definition) is 5. The quantitative estimate of drug-likeness (QED) is 0.311. The monoisotopic (exact) mass is 412 g/mol. The number of aromatic nitrogens is 2. The number of anilines is 1. The van der Waals surface area contributed by atoms with Crippen LogP contribution in [0.25, 0.3) is 0 Å². The number of alkyl halides is 2. The third-order valence-electron chi connectivity index (χ3n) is 3.56. The van der Waals surface area contributed by atoms with E-state index in [4.69, 9.17) is 40.5 Å². The molecular weight excluding hydrogens is 395 g/mol. The first kappa shape index (κ1) is 20.4. The highest BCUT2D eigenvalue weighted by Crippen LogP contribution is 2.19. The number of benzene rings is 1. The molecule has 6 nitrogen and oxygen atoms in total. The van der Waals surface area contributed by atoms with Gasteiger partial charge in [0.05, 0.1) is 18.6 Å². The highest BCUT2D eigenvalue weighted by atomic mass is 35.5. The van der Waals surface area contributed by atoms with Crippen LogP contribution in [0.5, 0.6) is 0 Å². The van der Waals surface area contributed by atoms with E-state index in [0.29, 0.717) is 17.5 Å². The third kappa shape index (κ3) is 5.83. The largest absolute Gasteiger partial charge is 0.380 e. The molecule has 0 fully saturated rings. The van der Waals surface area contributed by atoms with Gasteiger partial charge in [0.25, 0.3) is 0 Å². The zero-order valence-corrected chi connectivity index (χ0v) is 16.5. The topological polar surface area (TPSA) is 79.8 Å². The number of rotatable bonds is 8. The van der Waals surface area contributed by atoms with Crippen molar-refractivity contribution in [1.82, 2.24) is 9.97 Å². The number of aryl methyl sites for hydroxylation is 1. The minimum absolute atomic E-state index is 0.140. The van der Waals surface area contributed by atoms with Crippen LogP contribution >= 0.6 is 34.8 Å². The summed E-state index contributed by atoms with van der Waals surface area (Å²) < 4.78 is 0. The molecule has 26 heavy (non-hydrogen) atoms. The fourth-order valence-corrected chi connectivity index (χ4v) is 2.80. The van der Waals surface area contributed by atoms with Gasteiger partial charge in [-0.15, -0.1) is 28.3 Å². The first-order chi connectivity index (χ1) is 12.5. The zero-order chi connectivity index (χ0) is 18.9. The average Bonchev–Trinajstić information content (AvgIpc) is 2.62. The average molecular weight is 414 g/mol. The molecule has 1 aromatic heterocycles. The van der Waals surface area contributed by atoms with Crippen molar-refractivity contribution in [2.75, 3.05) is 29.7 Å². The number of nitrogens with two attached hydrogens (primary N) is 1. The van der Waals surface area contributed by atoms with Crippen LogP contribution in [0.4, 0.5) is 5.69 Å². The van der Waals surface area contributed by atoms with E-state index >= 15 is 0 Å². The van der Waals surface area contributed by atoms with Gasteiger partial charge in [-0.25, -0.2) is 4.98 Å². The Bertz CT molecular complexity index is 788. The van der Waals surface area contributed by atoms with Crippen LogP contribution in [0.15, 0.2) is 40.8 Å². The van der Waals surface area contributed by atoms with Gasteiger partial charge in [0.2, 0.25) is 0 Å². The second-order valence-corrected chi connectivity index (χ2v) is 6.51.